The summed E-state index contributed by atoms with van der Waals surface area (Å²) >= 11 is 0. The van der Waals surface area contributed by atoms with Gasteiger partial charge in [0.2, 0.25) is 5.91 Å². The van der Waals surface area contributed by atoms with E-state index in [0.717, 1.165) is 29.5 Å². The van der Waals surface area contributed by atoms with Crippen LogP contribution in [-0.4, -0.2) is 30.3 Å². The van der Waals surface area contributed by atoms with E-state index in [-0.39, 0.29) is 19.1 Å². The molecule has 1 amide bonds. The maximum absolute atomic E-state index is 12.5. The molecule has 3 rings (SSSR count). The van der Waals surface area contributed by atoms with Gasteiger partial charge in [0.15, 0.2) is 0 Å². The second-order valence-electron chi connectivity index (χ2n) is 11.5. The van der Waals surface area contributed by atoms with Crippen LogP contribution in [0.2, 0.25) is 0 Å². The van der Waals surface area contributed by atoms with E-state index in [1.165, 1.54) is 70.6 Å². The van der Waals surface area contributed by atoms with Gasteiger partial charge in [-0.15, -0.1) is 0 Å². The SMILES string of the molecule is CCCCCCCCCCCCCCCC(=O)NCC(O)COC(c1ccccc1)(c1ccccc1)c1ccccc1. The number of carbonyl (C=O) groups is 1. The van der Waals surface area contributed by atoms with Gasteiger partial charge >= 0.3 is 0 Å². The highest BCUT2D eigenvalue weighted by atomic mass is 16.5. The standard InChI is InChI=1S/C38H53NO3/c1-2-3-4-5-6-7-8-9-10-11-12-13-23-30-37(41)39-31-36(40)32-42-38(33-24-17-14-18-25-33,34-26-19-15-20-27-34)35-28-21-16-22-29-35/h14-22,24-29,36,40H,2-13,23,30-32H2,1H3,(H,39,41). The van der Waals surface area contributed by atoms with Gasteiger partial charge in [-0.2, -0.15) is 0 Å². The summed E-state index contributed by atoms with van der Waals surface area (Å²) in [6.45, 7) is 2.52. The molecule has 0 heterocycles. The van der Waals surface area contributed by atoms with Gasteiger partial charge in [0, 0.05) is 13.0 Å². The molecule has 1 atom stereocenters. The normalized spacial score (nSPS) is 12.2. The Hall–Kier alpha value is -2.95. The minimum Gasteiger partial charge on any atom is -0.389 e. The Bertz CT molecular complexity index is 990. The molecule has 0 aliphatic rings. The lowest BCUT2D eigenvalue weighted by atomic mass is 9.80. The van der Waals surface area contributed by atoms with Crippen LogP contribution in [0.1, 0.15) is 114 Å². The van der Waals surface area contributed by atoms with Crippen molar-refractivity contribution in [2.24, 2.45) is 0 Å². The molecule has 228 valence electrons. The van der Waals surface area contributed by atoms with Crippen molar-refractivity contribution in [1.29, 1.82) is 0 Å². The number of aliphatic hydroxyl groups is 1. The highest BCUT2D eigenvalue weighted by Gasteiger charge is 2.38. The van der Waals surface area contributed by atoms with Gasteiger partial charge in [-0.1, -0.05) is 175 Å². The summed E-state index contributed by atoms with van der Waals surface area (Å²) in [5.74, 6) is -0.00226. The number of rotatable bonds is 22. The van der Waals surface area contributed by atoms with Crippen LogP contribution in [-0.2, 0) is 15.1 Å². The Morgan fingerprint density at radius 1 is 0.643 bits per heavy atom. The lowest BCUT2D eigenvalue weighted by molar-refractivity contribution is -0.122. The molecule has 0 fully saturated rings. The van der Waals surface area contributed by atoms with Crippen molar-refractivity contribution in [3.05, 3.63) is 108 Å². The molecule has 0 bridgehead atoms. The van der Waals surface area contributed by atoms with Crippen molar-refractivity contribution < 1.29 is 14.6 Å². The molecule has 0 aliphatic carbocycles. The van der Waals surface area contributed by atoms with Gasteiger partial charge < -0.3 is 15.2 Å². The number of ether oxygens (including phenoxy) is 1. The third kappa shape index (κ3) is 11.4. The lowest BCUT2D eigenvalue weighted by Gasteiger charge is -2.36. The van der Waals surface area contributed by atoms with Crippen LogP contribution in [0.3, 0.4) is 0 Å². The minimum absolute atomic E-state index is 0.00226. The number of aliphatic hydroxyl groups excluding tert-OH is 1. The average Bonchev–Trinajstić information content (AvgIpc) is 3.04. The van der Waals surface area contributed by atoms with Crippen LogP contribution < -0.4 is 5.32 Å². The zero-order valence-electron chi connectivity index (χ0n) is 25.8. The molecule has 4 nitrogen and oxygen atoms in total. The number of carbonyl (C=O) groups excluding carboxylic acids is 1. The first-order valence-electron chi connectivity index (χ1n) is 16.4. The average molecular weight is 572 g/mol. The van der Waals surface area contributed by atoms with Crippen LogP contribution >= 0.6 is 0 Å². The fraction of sp³-hybridized carbons (Fsp3) is 0.500. The molecule has 0 aromatic heterocycles. The number of hydrogen-bond acceptors (Lipinski definition) is 3. The van der Waals surface area contributed by atoms with Gasteiger partial charge in [-0.25, -0.2) is 0 Å². The van der Waals surface area contributed by atoms with Gasteiger partial charge in [-0.05, 0) is 23.1 Å². The summed E-state index contributed by atoms with van der Waals surface area (Å²) in [4.78, 5) is 12.5. The van der Waals surface area contributed by atoms with Crippen molar-refractivity contribution in [1.82, 2.24) is 5.32 Å². The van der Waals surface area contributed by atoms with E-state index in [1.54, 1.807) is 0 Å². The summed E-state index contributed by atoms with van der Waals surface area (Å²) in [5.41, 5.74) is 2.08. The zero-order valence-corrected chi connectivity index (χ0v) is 25.8. The van der Waals surface area contributed by atoms with Gasteiger partial charge in [0.1, 0.15) is 5.60 Å². The summed E-state index contributed by atoms with van der Waals surface area (Å²) in [6.07, 6.45) is 16.4. The Morgan fingerprint density at radius 3 is 1.43 bits per heavy atom. The monoisotopic (exact) mass is 571 g/mol. The molecule has 1 unspecified atom stereocenters. The number of nitrogens with one attached hydrogen (secondary N) is 1. The largest absolute Gasteiger partial charge is 0.389 e. The second-order valence-corrected chi connectivity index (χ2v) is 11.5. The molecule has 0 saturated heterocycles. The molecule has 0 aliphatic heterocycles. The predicted molar refractivity (Wildman–Crippen MR) is 174 cm³/mol. The van der Waals surface area contributed by atoms with Crippen LogP contribution in [0.5, 0.6) is 0 Å². The molecule has 2 N–H and O–H groups in total. The van der Waals surface area contributed by atoms with Crippen molar-refractivity contribution >= 4 is 5.91 Å². The van der Waals surface area contributed by atoms with Crippen molar-refractivity contribution in [2.45, 2.75) is 109 Å². The minimum atomic E-state index is -0.886. The first-order valence-corrected chi connectivity index (χ1v) is 16.4. The molecule has 0 spiro atoms. The van der Waals surface area contributed by atoms with E-state index >= 15 is 0 Å². The highest BCUT2D eigenvalue weighted by Crippen LogP contribution is 2.40. The number of benzene rings is 3. The van der Waals surface area contributed by atoms with E-state index < -0.39 is 11.7 Å². The van der Waals surface area contributed by atoms with E-state index in [4.69, 9.17) is 4.74 Å². The topological polar surface area (TPSA) is 58.6 Å². The molecule has 0 saturated carbocycles. The molecule has 0 radical (unpaired) electrons. The van der Waals surface area contributed by atoms with Crippen molar-refractivity contribution in [2.75, 3.05) is 13.2 Å². The highest BCUT2D eigenvalue weighted by molar-refractivity contribution is 5.75. The molecular formula is C38H53NO3. The summed E-state index contributed by atoms with van der Waals surface area (Å²) in [7, 11) is 0. The molecule has 4 heteroatoms. The van der Waals surface area contributed by atoms with E-state index in [9.17, 15) is 9.90 Å². The lowest BCUT2D eigenvalue weighted by Crippen LogP contribution is -2.39. The quantitative estimate of drug-likeness (QED) is 0.0935. The van der Waals surface area contributed by atoms with Crippen molar-refractivity contribution in [3.8, 4) is 0 Å². The second kappa shape index (κ2) is 20.0. The number of unbranched alkanes of at least 4 members (excludes halogenated alkanes) is 12. The Kier molecular flexibility index (Phi) is 16.0. The summed E-state index contributed by atoms with van der Waals surface area (Å²) in [5, 5.41) is 13.8. The van der Waals surface area contributed by atoms with Crippen LogP contribution in [0, 0.1) is 0 Å². The Balaban J connectivity index is 1.40. The first kappa shape index (κ1) is 33.6. The zero-order chi connectivity index (χ0) is 29.7. The van der Waals surface area contributed by atoms with E-state index in [0.29, 0.717) is 6.42 Å². The van der Waals surface area contributed by atoms with E-state index in [2.05, 4.69) is 48.6 Å². The number of amides is 1. The maximum Gasteiger partial charge on any atom is 0.220 e. The van der Waals surface area contributed by atoms with Crippen LogP contribution in [0.25, 0.3) is 0 Å². The fourth-order valence-electron chi connectivity index (χ4n) is 5.67. The smallest absolute Gasteiger partial charge is 0.220 e. The number of hydrogen-bond donors (Lipinski definition) is 2. The predicted octanol–water partition coefficient (Wildman–Crippen LogP) is 8.95. The molecule has 3 aromatic rings. The third-order valence-electron chi connectivity index (χ3n) is 8.08. The van der Waals surface area contributed by atoms with Gasteiger partial charge in [0.05, 0.1) is 12.7 Å². The van der Waals surface area contributed by atoms with Gasteiger partial charge in [0.25, 0.3) is 0 Å². The Labute approximate surface area is 254 Å². The fourth-order valence-corrected chi connectivity index (χ4v) is 5.67. The third-order valence-corrected chi connectivity index (χ3v) is 8.08. The van der Waals surface area contributed by atoms with E-state index in [1.807, 2.05) is 54.6 Å². The molecular weight excluding hydrogens is 518 g/mol. The summed E-state index contributed by atoms with van der Waals surface area (Å²) in [6, 6.07) is 30.4. The van der Waals surface area contributed by atoms with Crippen molar-refractivity contribution in [3.63, 3.8) is 0 Å². The Morgan fingerprint density at radius 2 is 1.02 bits per heavy atom. The molecule has 3 aromatic carbocycles. The van der Waals surface area contributed by atoms with Crippen LogP contribution in [0.4, 0.5) is 0 Å². The maximum atomic E-state index is 12.5. The first-order chi connectivity index (χ1) is 20.7. The summed E-state index contributed by atoms with van der Waals surface area (Å²) < 4.78 is 6.66. The molecule has 42 heavy (non-hydrogen) atoms. The van der Waals surface area contributed by atoms with Crippen LogP contribution in [0.15, 0.2) is 91.0 Å². The van der Waals surface area contributed by atoms with Gasteiger partial charge in [-0.3, -0.25) is 4.79 Å².